The van der Waals surface area contributed by atoms with E-state index >= 15 is 0 Å². The zero-order chi connectivity index (χ0) is 19.1. The van der Waals surface area contributed by atoms with Gasteiger partial charge in [-0.3, -0.25) is 4.79 Å². The van der Waals surface area contributed by atoms with Crippen molar-refractivity contribution in [1.82, 2.24) is 0 Å². The van der Waals surface area contributed by atoms with Gasteiger partial charge in [-0.2, -0.15) is 0 Å². The summed E-state index contributed by atoms with van der Waals surface area (Å²) in [6, 6.07) is 0. The van der Waals surface area contributed by atoms with Crippen molar-refractivity contribution >= 4 is 5.78 Å². The third-order valence-electron chi connectivity index (χ3n) is 10.2. The van der Waals surface area contributed by atoms with Crippen LogP contribution in [0.15, 0.2) is 11.6 Å². The number of carbonyl (C=O) groups is 1. The molecule has 0 aromatic carbocycles. The summed E-state index contributed by atoms with van der Waals surface area (Å²) >= 11 is 0. The summed E-state index contributed by atoms with van der Waals surface area (Å²) in [5, 5.41) is 10.7. The number of aliphatic hydroxyl groups excluding tert-OH is 1. The van der Waals surface area contributed by atoms with Crippen LogP contribution < -0.4 is 0 Å². The van der Waals surface area contributed by atoms with Crippen molar-refractivity contribution in [3.8, 4) is 0 Å². The molecule has 7 atom stereocenters. The number of carbonyl (C=O) groups excluding carboxylic acids is 1. The lowest BCUT2D eigenvalue weighted by molar-refractivity contribution is -0.197. The van der Waals surface area contributed by atoms with E-state index in [4.69, 9.17) is 0 Å². The van der Waals surface area contributed by atoms with Crippen LogP contribution in [0, 0.1) is 39.4 Å². The molecular weight excluding hydrogens is 320 g/mol. The van der Waals surface area contributed by atoms with Crippen LogP contribution in [-0.2, 0) is 4.79 Å². The molecule has 0 aromatic heterocycles. The minimum Gasteiger partial charge on any atom is -0.393 e. The first-order valence-corrected chi connectivity index (χ1v) is 10.9. The third kappa shape index (κ3) is 2.06. The van der Waals surface area contributed by atoms with E-state index in [0.717, 1.165) is 37.7 Å². The van der Waals surface area contributed by atoms with Gasteiger partial charge in [-0.15, -0.1) is 0 Å². The fourth-order valence-corrected chi connectivity index (χ4v) is 8.19. The van der Waals surface area contributed by atoms with E-state index in [1.165, 1.54) is 12.8 Å². The molecule has 4 rings (SSSR count). The molecule has 3 saturated carbocycles. The minimum absolute atomic E-state index is 0.00384. The lowest BCUT2D eigenvalue weighted by Crippen LogP contribution is -2.63. The molecule has 0 unspecified atom stereocenters. The summed E-state index contributed by atoms with van der Waals surface area (Å²) in [5.74, 6) is 1.82. The molecule has 3 fully saturated rings. The van der Waals surface area contributed by atoms with Crippen molar-refractivity contribution in [2.75, 3.05) is 0 Å². The molecule has 0 radical (unpaired) electrons. The zero-order valence-electron chi connectivity index (χ0n) is 17.7. The van der Waals surface area contributed by atoms with Crippen LogP contribution >= 0.6 is 0 Å². The molecule has 0 aromatic rings. The second-order valence-electron chi connectivity index (χ2n) is 11.4. The van der Waals surface area contributed by atoms with Crippen LogP contribution in [0.4, 0.5) is 0 Å². The van der Waals surface area contributed by atoms with E-state index in [2.05, 4.69) is 47.6 Å². The SMILES string of the molecule is C[C@@H]1CC[C@]2(C)C(=CC[C@@H]3[C@@]4(C)CC[C@H](O)C(C)(C)[C@@H]4CC[C@]32C)C1=O. The molecule has 0 heterocycles. The number of aliphatic hydroxyl groups is 1. The monoisotopic (exact) mass is 358 g/mol. The molecule has 0 spiro atoms. The Bertz CT molecular complexity index is 661. The average Bonchev–Trinajstić information content (AvgIpc) is 2.56. The molecule has 2 heteroatoms. The van der Waals surface area contributed by atoms with Crippen LogP contribution in [0.5, 0.6) is 0 Å². The molecule has 0 aliphatic heterocycles. The van der Waals surface area contributed by atoms with Crippen LogP contribution in [-0.4, -0.2) is 17.0 Å². The maximum atomic E-state index is 13.0. The Hall–Kier alpha value is -0.630. The molecule has 0 saturated heterocycles. The highest BCUT2D eigenvalue weighted by atomic mass is 16.3. The van der Waals surface area contributed by atoms with E-state index in [1.54, 1.807) is 0 Å². The molecule has 26 heavy (non-hydrogen) atoms. The highest BCUT2D eigenvalue weighted by Gasteiger charge is 2.66. The number of fused-ring (bicyclic) bond motifs is 5. The van der Waals surface area contributed by atoms with Crippen LogP contribution in [0.3, 0.4) is 0 Å². The number of allylic oxidation sites excluding steroid dienone is 2. The molecule has 2 nitrogen and oxygen atoms in total. The Morgan fingerprint density at radius 2 is 1.65 bits per heavy atom. The van der Waals surface area contributed by atoms with E-state index in [1.807, 2.05) is 0 Å². The maximum absolute atomic E-state index is 13.0. The number of Topliss-reactive ketones (excluding diaryl/α,β-unsaturated/α-hetero) is 1. The summed E-state index contributed by atoms with van der Waals surface area (Å²) in [4.78, 5) is 13.0. The second kappa shape index (κ2) is 5.46. The third-order valence-corrected chi connectivity index (χ3v) is 10.2. The van der Waals surface area contributed by atoms with Gasteiger partial charge in [0.05, 0.1) is 6.10 Å². The topological polar surface area (TPSA) is 37.3 Å². The molecular formula is C24H38O2. The number of rotatable bonds is 0. The Morgan fingerprint density at radius 3 is 2.35 bits per heavy atom. The lowest BCUT2D eigenvalue weighted by Gasteiger charge is -2.69. The van der Waals surface area contributed by atoms with Crippen molar-refractivity contribution in [1.29, 1.82) is 0 Å². The highest BCUT2D eigenvalue weighted by Crippen LogP contribution is 2.72. The van der Waals surface area contributed by atoms with Crippen molar-refractivity contribution in [3.63, 3.8) is 0 Å². The highest BCUT2D eigenvalue weighted by molar-refractivity contribution is 5.99. The summed E-state index contributed by atoms with van der Waals surface area (Å²) in [5.41, 5.74) is 1.67. The minimum atomic E-state index is -0.174. The molecule has 146 valence electrons. The largest absolute Gasteiger partial charge is 0.393 e. The van der Waals surface area contributed by atoms with Crippen molar-refractivity contribution in [2.24, 2.45) is 39.4 Å². The summed E-state index contributed by atoms with van der Waals surface area (Å²) < 4.78 is 0. The molecule has 4 aliphatic carbocycles. The van der Waals surface area contributed by atoms with E-state index in [0.29, 0.717) is 17.6 Å². The second-order valence-corrected chi connectivity index (χ2v) is 11.4. The molecule has 1 N–H and O–H groups in total. The van der Waals surface area contributed by atoms with Gasteiger partial charge in [0.25, 0.3) is 0 Å². The standard InChI is InChI=1S/C24H38O2/c1-15-9-13-23(5)16(20(15)26)7-8-18-22(4)12-11-19(25)21(2,3)17(22)10-14-24(18,23)6/h7,15,17-19,25H,8-14H2,1-6H3/t15-,17+,18-,19+,22+,23-,24-/m1/s1. The Balaban J connectivity index is 1.80. The van der Waals surface area contributed by atoms with Crippen LogP contribution in [0.2, 0.25) is 0 Å². The van der Waals surface area contributed by atoms with Gasteiger partial charge in [-0.1, -0.05) is 47.6 Å². The smallest absolute Gasteiger partial charge is 0.161 e. The predicted octanol–water partition coefficient (Wildman–Crippen LogP) is 5.54. The fraction of sp³-hybridized carbons (Fsp3) is 0.875. The van der Waals surface area contributed by atoms with Gasteiger partial charge in [0.1, 0.15) is 0 Å². The van der Waals surface area contributed by atoms with Crippen molar-refractivity contribution in [2.45, 2.75) is 92.6 Å². The maximum Gasteiger partial charge on any atom is 0.161 e. The van der Waals surface area contributed by atoms with Gasteiger partial charge in [-0.25, -0.2) is 0 Å². The van der Waals surface area contributed by atoms with Gasteiger partial charge < -0.3 is 5.11 Å². The van der Waals surface area contributed by atoms with Gasteiger partial charge >= 0.3 is 0 Å². The number of hydrogen-bond donors (Lipinski definition) is 1. The molecule has 4 aliphatic rings. The van der Waals surface area contributed by atoms with Gasteiger partial charge in [0.15, 0.2) is 5.78 Å². The van der Waals surface area contributed by atoms with E-state index in [9.17, 15) is 9.90 Å². The first kappa shape index (κ1) is 18.7. The summed E-state index contributed by atoms with van der Waals surface area (Å²) in [6.45, 7) is 14.1. The number of ketones is 1. The summed E-state index contributed by atoms with van der Waals surface area (Å²) in [6.07, 6.45) is 9.87. The van der Waals surface area contributed by atoms with Crippen LogP contribution in [0.1, 0.15) is 86.5 Å². The van der Waals surface area contributed by atoms with Gasteiger partial charge in [0.2, 0.25) is 0 Å². The molecule has 0 amide bonds. The molecule has 0 bridgehead atoms. The zero-order valence-corrected chi connectivity index (χ0v) is 17.7. The number of hydrogen-bond acceptors (Lipinski definition) is 2. The van der Waals surface area contributed by atoms with E-state index in [-0.39, 0.29) is 33.7 Å². The van der Waals surface area contributed by atoms with Gasteiger partial charge in [-0.05, 0) is 78.6 Å². The predicted molar refractivity (Wildman–Crippen MR) is 106 cm³/mol. The van der Waals surface area contributed by atoms with Crippen molar-refractivity contribution in [3.05, 3.63) is 11.6 Å². The first-order chi connectivity index (χ1) is 12.0. The Labute approximate surface area is 159 Å². The lowest BCUT2D eigenvalue weighted by atomic mass is 9.35. The quantitative estimate of drug-likeness (QED) is 0.617. The van der Waals surface area contributed by atoms with E-state index < -0.39 is 0 Å². The van der Waals surface area contributed by atoms with Crippen molar-refractivity contribution < 1.29 is 9.90 Å². The first-order valence-electron chi connectivity index (χ1n) is 10.9. The fourth-order valence-electron chi connectivity index (χ4n) is 8.19. The normalized spacial score (nSPS) is 53.2. The Kier molecular flexibility index (Phi) is 3.93. The average molecular weight is 359 g/mol. The Morgan fingerprint density at radius 1 is 0.962 bits per heavy atom. The van der Waals surface area contributed by atoms with Gasteiger partial charge in [0, 0.05) is 11.3 Å². The summed E-state index contributed by atoms with van der Waals surface area (Å²) in [7, 11) is 0. The van der Waals surface area contributed by atoms with Crippen LogP contribution in [0.25, 0.3) is 0 Å².